The van der Waals surface area contributed by atoms with E-state index in [1.165, 1.54) is 18.3 Å². The Morgan fingerprint density at radius 1 is 1.38 bits per heavy atom. The summed E-state index contributed by atoms with van der Waals surface area (Å²) in [5, 5.41) is 11.0. The first kappa shape index (κ1) is 15.9. The van der Waals surface area contributed by atoms with E-state index in [1.54, 1.807) is 11.8 Å². The van der Waals surface area contributed by atoms with Crippen molar-refractivity contribution in [2.75, 3.05) is 4.90 Å². The standard InChI is InChI=1S/C17H17N3O4/c1-11-10-13-6-3-4-7-14(13)19(11)17(21)12(2)24-15-8-5-9-18-16(15)20(22)23/h3-9,11-12H,10H2,1-2H3/t11-,12-/m0/s1. The van der Waals surface area contributed by atoms with Crippen LogP contribution in [0.15, 0.2) is 42.6 Å². The number of carbonyl (C=O) groups is 1. The van der Waals surface area contributed by atoms with E-state index in [9.17, 15) is 14.9 Å². The number of nitro groups is 1. The van der Waals surface area contributed by atoms with Crippen LogP contribution in [0.5, 0.6) is 5.75 Å². The molecule has 0 radical (unpaired) electrons. The van der Waals surface area contributed by atoms with Crippen molar-refractivity contribution in [2.45, 2.75) is 32.4 Å². The van der Waals surface area contributed by atoms with E-state index in [2.05, 4.69) is 4.98 Å². The maximum atomic E-state index is 12.8. The lowest BCUT2D eigenvalue weighted by Crippen LogP contribution is -2.43. The molecule has 0 bridgehead atoms. The fourth-order valence-corrected chi connectivity index (χ4v) is 2.95. The Labute approximate surface area is 139 Å². The molecular weight excluding hydrogens is 310 g/mol. The van der Waals surface area contributed by atoms with Crippen molar-refractivity contribution < 1.29 is 14.5 Å². The molecule has 1 aromatic heterocycles. The summed E-state index contributed by atoms with van der Waals surface area (Å²) in [5.74, 6) is -0.638. The monoisotopic (exact) mass is 327 g/mol. The van der Waals surface area contributed by atoms with Crippen molar-refractivity contribution in [3.05, 3.63) is 58.3 Å². The molecule has 1 amide bonds. The third-order valence-electron chi connectivity index (χ3n) is 4.02. The molecule has 7 heteroatoms. The van der Waals surface area contributed by atoms with E-state index in [4.69, 9.17) is 4.74 Å². The minimum atomic E-state index is -0.860. The maximum Gasteiger partial charge on any atom is 0.406 e. The quantitative estimate of drug-likeness (QED) is 0.636. The summed E-state index contributed by atoms with van der Waals surface area (Å²) in [6.45, 7) is 3.56. The predicted molar refractivity (Wildman–Crippen MR) is 88.1 cm³/mol. The number of nitrogens with zero attached hydrogens (tertiary/aromatic N) is 3. The number of ether oxygens (including phenoxy) is 1. The maximum absolute atomic E-state index is 12.8. The van der Waals surface area contributed by atoms with Crippen molar-refractivity contribution in [2.24, 2.45) is 0 Å². The smallest absolute Gasteiger partial charge is 0.406 e. The first-order valence-electron chi connectivity index (χ1n) is 7.66. The van der Waals surface area contributed by atoms with E-state index in [1.807, 2.05) is 31.2 Å². The molecule has 0 saturated heterocycles. The molecule has 0 N–H and O–H groups in total. The largest absolute Gasteiger partial charge is 0.473 e. The van der Waals surface area contributed by atoms with Gasteiger partial charge in [0, 0.05) is 11.7 Å². The van der Waals surface area contributed by atoms with Gasteiger partial charge in [-0.2, -0.15) is 0 Å². The van der Waals surface area contributed by atoms with Gasteiger partial charge in [-0.3, -0.25) is 4.79 Å². The van der Waals surface area contributed by atoms with Crippen LogP contribution in [0.25, 0.3) is 0 Å². The zero-order chi connectivity index (χ0) is 17.3. The zero-order valence-corrected chi connectivity index (χ0v) is 13.4. The van der Waals surface area contributed by atoms with Gasteiger partial charge in [-0.15, -0.1) is 0 Å². The number of amides is 1. The molecule has 3 rings (SSSR count). The Kier molecular flexibility index (Phi) is 4.16. The molecule has 124 valence electrons. The third-order valence-corrected chi connectivity index (χ3v) is 4.02. The normalized spacial score (nSPS) is 17.2. The summed E-state index contributed by atoms with van der Waals surface area (Å²) in [6, 6.07) is 10.7. The molecule has 1 aliphatic rings. The molecule has 2 aromatic rings. The Hall–Kier alpha value is -2.96. The molecule has 0 fully saturated rings. The summed E-state index contributed by atoms with van der Waals surface area (Å²) >= 11 is 0. The lowest BCUT2D eigenvalue weighted by molar-refractivity contribution is -0.390. The summed E-state index contributed by atoms with van der Waals surface area (Å²) < 4.78 is 5.55. The van der Waals surface area contributed by atoms with Crippen LogP contribution in [0, 0.1) is 10.1 Å². The number of hydrogen-bond acceptors (Lipinski definition) is 5. The van der Waals surface area contributed by atoms with Crippen molar-refractivity contribution >= 4 is 17.4 Å². The minimum absolute atomic E-state index is 0.0107. The van der Waals surface area contributed by atoms with Gasteiger partial charge in [-0.05, 0) is 53.9 Å². The fourth-order valence-electron chi connectivity index (χ4n) is 2.95. The molecule has 1 aromatic carbocycles. The Morgan fingerprint density at radius 3 is 2.88 bits per heavy atom. The van der Waals surface area contributed by atoms with Gasteiger partial charge in [0.2, 0.25) is 5.75 Å². The van der Waals surface area contributed by atoms with Crippen LogP contribution in [0.2, 0.25) is 0 Å². The molecule has 1 aliphatic heterocycles. The van der Waals surface area contributed by atoms with E-state index < -0.39 is 16.8 Å². The highest BCUT2D eigenvalue weighted by Crippen LogP contribution is 2.33. The summed E-state index contributed by atoms with van der Waals surface area (Å²) in [4.78, 5) is 28.6. The number of para-hydroxylation sites is 1. The number of anilines is 1. The van der Waals surface area contributed by atoms with Crippen LogP contribution < -0.4 is 9.64 Å². The summed E-state index contributed by atoms with van der Waals surface area (Å²) in [7, 11) is 0. The molecule has 24 heavy (non-hydrogen) atoms. The third kappa shape index (κ3) is 2.80. The van der Waals surface area contributed by atoms with Crippen molar-refractivity contribution in [1.29, 1.82) is 0 Å². The average molecular weight is 327 g/mol. The van der Waals surface area contributed by atoms with Crippen molar-refractivity contribution in [1.82, 2.24) is 4.98 Å². The predicted octanol–water partition coefficient (Wildman–Crippen LogP) is 2.73. The second kappa shape index (κ2) is 6.27. The summed E-state index contributed by atoms with van der Waals surface area (Å²) in [6.07, 6.45) is 1.24. The van der Waals surface area contributed by atoms with E-state index in [0.29, 0.717) is 0 Å². The Bertz CT molecular complexity index is 793. The number of rotatable bonds is 4. The van der Waals surface area contributed by atoms with E-state index in [0.717, 1.165) is 17.7 Å². The van der Waals surface area contributed by atoms with E-state index >= 15 is 0 Å². The number of benzene rings is 1. The molecule has 0 saturated carbocycles. The van der Waals surface area contributed by atoms with Crippen LogP contribution in [-0.4, -0.2) is 28.0 Å². The lowest BCUT2D eigenvalue weighted by Gasteiger charge is -2.26. The fraction of sp³-hybridized carbons (Fsp3) is 0.294. The highest BCUT2D eigenvalue weighted by atomic mass is 16.6. The van der Waals surface area contributed by atoms with Crippen molar-refractivity contribution in [3.63, 3.8) is 0 Å². The number of aromatic nitrogens is 1. The highest BCUT2D eigenvalue weighted by molar-refractivity contribution is 5.99. The number of hydrogen-bond donors (Lipinski definition) is 0. The molecular formula is C17H17N3O4. The zero-order valence-electron chi connectivity index (χ0n) is 13.4. The molecule has 2 heterocycles. The molecule has 0 spiro atoms. The number of pyridine rings is 1. The average Bonchev–Trinajstić information content (AvgIpc) is 2.90. The lowest BCUT2D eigenvalue weighted by atomic mass is 10.1. The minimum Gasteiger partial charge on any atom is -0.473 e. The molecule has 7 nitrogen and oxygen atoms in total. The Morgan fingerprint density at radius 2 is 2.12 bits per heavy atom. The van der Waals surface area contributed by atoms with Gasteiger partial charge < -0.3 is 19.8 Å². The Balaban J connectivity index is 1.83. The second-order valence-corrected chi connectivity index (χ2v) is 5.73. The van der Waals surface area contributed by atoms with Gasteiger partial charge in [0.1, 0.15) is 6.20 Å². The van der Waals surface area contributed by atoms with Crippen molar-refractivity contribution in [3.8, 4) is 5.75 Å². The molecule has 0 aliphatic carbocycles. The van der Waals surface area contributed by atoms with Gasteiger partial charge in [-0.25, -0.2) is 0 Å². The highest BCUT2D eigenvalue weighted by Gasteiger charge is 2.34. The molecule has 2 atom stereocenters. The van der Waals surface area contributed by atoms with Crippen LogP contribution in [0.3, 0.4) is 0 Å². The van der Waals surface area contributed by atoms with E-state index in [-0.39, 0.29) is 17.7 Å². The first-order chi connectivity index (χ1) is 11.5. The first-order valence-corrected chi connectivity index (χ1v) is 7.66. The van der Waals surface area contributed by atoms with Crippen LogP contribution in [0.4, 0.5) is 11.5 Å². The number of fused-ring (bicyclic) bond motifs is 1. The summed E-state index contributed by atoms with van der Waals surface area (Å²) in [5.41, 5.74) is 1.98. The topological polar surface area (TPSA) is 85.6 Å². The number of carbonyl (C=O) groups excluding carboxylic acids is 1. The molecule has 0 unspecified atom stereocenters. The SMILES string of the molecule is C[C@H](Oc1cccnc1[N+](=O)[O-])C(=O)N1c2ccccc2C[C@@H]1C. The van der Waals surface area contributed by atoms with Crippen LogP contribution >= 0.6 is 0 Å². The van der Waals surface area contributed by atoms with Crippen LogP contribution in [0.1, 0.15) is 19.4 Å². The van der Waals surface area contributed by atoms with Gasteiger partial charge in [0.15, 0.2) is 6.10 Å². The van der Waals surface area contributed by atoms with Crippen LogP contribution in [-0.2, 0) is 11.2 Å². The van der Waals surface area contributed by atoms with Gasteiger partial charge in [0.05, 0.1) is 0 Å². The van der Waals surface area contributed by atoms with Gasteiger partial charge in [0.25, 0.3) is 5.91 Å². The van der Waals surface area contributed by atoms with Gasteiger partial charge in [-0.1, -0.05) is 18.2 Å². The second-order valence-electron chi connectivity index (χ2n) is 5.73. The van der Waals surface area contributed by atoms with Gasteiger partial charge >= 0.3 is 5.82 Å².